The van der Waals surface area contributed by atoms with Gasteiger partial charge in [-0.15, -0.1) is 0 Å². The third-order valence-corrected chi connectivity index (χ3v) is 2.51. The number of esters is 1. The van der Waals surface area contributed by atoms with Crippen molar-refractivity contribution in [1.82, 2.24) is 0 Å². The Balaban J connectivity index is 2.33. The van der Waals surface area contributed by atoms with Gasteiger partial charge in [0.05, 0.1) is 5.56 Å². The average molecular weight is 295 g/mol. The van der Waals surface area contributed by atoms with Crippen LogP contribution in [0.3, 0.4) is 0 Å². The molecule has 2 rings (SSSR count). The molecule has 0 aromatic heterocycles. The van der Waals surface area contributed by atoms with E-state index in [9.17, 15) is 22.4 Å². The molecule has 21 heavy (non-hydrogen) atoms. The number of carbonyl (C=O) groups is 1. The van der Waals surface area contributed by atoms with Crippen molar-refractivity contribution in [2.45, 2.75) is 0 Å². The summed E-state index contributed by atoms with van der Waals surface area (Å²) in [5.74, 6) is -7.06. The predicted octanol–water partition coefficient (Wildman–Crippen LogP) is 3.33. The van der Waals surface area contributed by atoms with Crippen LogP contribution in [0.15, 0.2) is 30.3 Å². The zero-order chi connectivity index (χ0) is 15.6. The number of carbonyl (C=O) groups excluding carboxylic acids is 1. The Morgan fingerprint density at radius 3 is 2.24 bits per heavy atom. The summed E-state index contributed by atoms with van der Waals surface area (Å²) in [7, 11) is 0. The second-order valence-electron chi connectivity index (χ2n) is 3.86. The van der Waals surface area contributed by atoms with Crippen molar-refractivity contribution in [2.24, 2.45) is 0 Å². The van der Waals surface area contributed by atoms with Crippen LogP contribution in [0.1, 0.15) is 15.9 Å². The van der Waals surface area contributed by atoms with Gasteiger partial charge in [-0.25, -0.2) is 22.4 Å². The smallest absolute Gasteiger partial charge is 0.346 e. The lowest BCUT2D eigenvalue weighted by molar-refractivity contribution is 0.0728. The van der Waals surface area contributed by atoms with Gasteiger partial charge in [-0.1, -0.05) is 6.07 Å². The normalized spacial score (nSPS) is 10.0. The van der Waals surface area contributed by atoms with Crippen molar-refractivity contribution in [3.63, 3.8) is 0 Å². The standard InChI is InChI=1S/C14H5F4NO2/c15-10-3-1-2-8(13(10)18)14(20)21-7-4-11(16)9(6-19)12(17)5-7/h1-5H. The minimum Gasteiger partial charge on any atom is -0.423 e. The van der Waals surface area contributed by atoms with Gasteiger partial charge in [0.1, 0.15) is 29.0 Å². The van der Waals surface area contributed by atoms with Crippen molar-refractivity contribution in [1.29, 1.82) is 5.26 Å². The molecule has 106 valence electrons. The largest absolute Gasteiger partial charge is 0.423 e. The van der Waals surface area contributed by atoms with Gasteiger partial charge in [0, 0.05) is 12.1 Å². The Hall–Kier alpha value is -2.88. The molecule has 0 saturated carbocycles. The number of hydrogen-bond donors (Lipinski definition) is 0. The summed E-state index contributed by atoms with van der Waals surface area (Å²) in [6, 6.07) is 5.31. The number of halogens is 4. The molecule has 0 atom stereocenters. The number of ether oxygens (including phenoxy) is 1. The number of hydrogen-bond acceptors (Lipinski definition) is 3. The third kappa shape index (κ3) is 2.84. The molecule has 0 bridgehead atoms. The molecule has 0 amide bonds. The van der Waals surface area contributed by atoms with Gasteiger partial charge in [0.25, 0.3) is 0 Å². The summed E-state index contributed by atoms with van der Waals surface area (Å²) in [5.41, 5.74) is -1.56. The van der Waals surface area contributed by atoms with Crippen molar-refractivity contribution in [3.8, 4) is 11.8 Å². The van der Waals surface area contributed by atoms with E-state index < -0.39 is 46.1 Å². The second kappa shape index (κ2) is 5.63. The molecular formula is C14H5F4NO2. The van der Waals surface area contributed by atoms with Gasteiger partial charge in [-0.2, -0.15) is 5.26 Å². The fraction of sp³-hybridized carbons (Fsp3) is 0. The Morgan fingerprint density at radius 1 is 1.05 bits per heavy atom. The highest BCUT2D eigenvalue weighted by molar-refractivity contribution is 5.91. The van der Waals surface area contributed by atoms with Crippen LogP contribution in [0.5, 0.6) is 5.75 Å². The number of benzene rings is 2. The number of nitrogens with zero attached hydrogens (tertiary/aromatic N) is 1. The summed E-state index contributed by atoms with van der Waals surface area (Å²) < 4.78 is 57.5. The highest BCUT2D eigenvalue weighted by atomic mass is 19.2. The van der Waals surface area contributed by atoms with E-state index in [1.807, 2.05) is 0 Å². The molecule has 0 aliphatic heterocycles. The van der Waals surface area contributed by atoms with Gasteiger partial charge < -0.3 is 4.74 Å². The maximum Gasteiger partial charge on any atom is 0.346 e. The maximum atomic E-state index is 13.4. The van der Waals surface area contributed by atoms with E-state index in [0.717, 1.165) is 18.2 Å². The second-order valence-corrected chi connectivity index (χ2v) is 3.86. The van der Waals surface area contributed by atoms with Crippen molar-refractivity contribution < 1.29 is 27.1 Å². The lowest BCUT2D eigenvalue weighted by Crippen LogP contribution is -2.12. The summed E-state index contributed by atoms with van der Waals surface area (Å²) in [6.07, 6.45) is 0. The molecule has 3 nitrogen and oxygen atoms in total. The lowest BCUT2D eigenvalue weighted by atomic mass is 10.2. The van der Waals surface area contributed by atoms with Crippen LogP contribution in [0.25, 0.3) is 0 Å². The van der Waals surface area contributed by atoms with Crippen molar-refractivity contribution in [2.75, 3.05) is 0 Å². The van der Waals surface area contributed by atoms with E-state index in [1.165, 1.54) is 6.07 Å². The van der Waals surface area contributed by atoms with Gasteiger partial charge in [-0.3, -0.25) is 0 Å². The van der Waals surface area contributed by atoms with Crippen LogP contribution in [-0.4, -0.2) is 5.97 Å². The molecule has 0 spiro atoms. The van der Waals surface area contributed by atoms with Gasteiger partial charge in [0.2, 0.25) is 0 Å². The molecular weight excluding hydrogens is 290 g/mol. The molecule has 0 unspecified atom stereocenters. The van der Waals surface area contributed by atoms with Gasteiger partial charge in [0.15, 0.2) is 11.6 Å². The van der Waals surface area contributed by atoms with E-state index in [0.29, 0.717) is 12.1 Å². The number of rotatable bonds is 2. The molecule has 0 radical (unpaired) electrons. The van der Waals surface area contributed by atoms with Crippen molar-refractivity contribution in [3.05, 3.63) is 64.7 Å². The summed E-state index contributed by atoms with van der Waals surface area (Å²) in [6.45, 7) is 0. The quantitative estimate of drug-likeness (QED) is 0.485. The number of nitriles is 1. The minimum absolute atomic E-state index is 0.572. The highest BCUT2D eigenvalue weighted by Crippen LogP contribution is 2.22. The predicted molar refractivity (Wildman–Crippen MR) is 62.4 cm³/mol. The zero-order valence-corrected chi connectivity index (χ0v) is 10.2. The van der Waals surface area contributed by atoms with Gasteiger partial charge in [-0.05, 0) is 12.1 Å². The molecule has 0 heterocycles. The first-order valence-electron chi connectivity index (χ1n) is 5.49. The monoisotopic (exact) mass is 295 g/mol. The highest BCUT2D eigenvalue weighted by Gasteiger charge is 2.19. The van der Waals surface area contributed by atoms with E-state index in [-0.39, 0.29) is 0 Å². The molecule has 2 aromatic rings. The van der Waals surface area contributed by atoms with Crippen LogP contribution in [0.4, 0.5) is 17.6 Å². The first-order valence-corrected chi connectivity index (χ1v) is 5.49. The van der Waals surface area contributed by atoms with Crippen LogP contribution in [-0.2, 0) is 0 Å². The fourth-order valence-corrected chi connectivity index (χ4v) is 1.54. The topological polar surface area (TPSA) is 50.1 Å². The molecule has 2 aromatic carbocycles. The van der Waals surface area contributed by atoms with Crippen LogP contribution < -0.4 is 4.74 Å². The first-order chi connectivity index (χ1) is 9.93. The Morgan fingerprint density at radius 2 is 1.67 bits per heavy atom. The molecule has 0 N–H and O–H groups in total. The zero-order valence-electron chi connectivity index (χ0n) is 10.2. The van der Waals surface area contributed by atoms with Gasteiger partial charge >= 0.3 is 5.97 Å². The van der Waals surface area contributed by atoms with Crippen LogP contribution in [0, 0.1) is 34.6 Å². The minimum atomic E-state index is -1.43. The summed E-state index contributed by atoms with van der Waals surface area (Å²) in [4.78, 5) is 11.6. The third-order valence-electron chi connectivity index (χ3n) is 2.51. The summed E-state index contributed by atoms with van der Waals surface area (Å²) in [5, 5.41) is 8.49. The SMILES string of the molecule is N#Cc1c(F)cc(OC(=O)c2cccc(F)c2F)cc1F. The Bertz CT molecular complexity index is 745. The molecule has 0 aliphatic carbocycles. The molecule has 0 aliphatic rings. The van der Waals surface area contributed by atoms with E-state index in [2.05, 4.69) is 4.74 Å². The Kier molecular flexibility index (Phi) is 3.89. The maximum absolute atomic E-state index is 13.4. The molecule has 0 fully saturated rings. The van der Waals surface area contributed by atoms with E-state index >= 15 is 0 Å². The first kappa shape index (κ1) is 14.5. The molecule has 7 heteroatoms. The van der Waals surface area contributed by atoms with Crippen LogP contribution >= 0.6 is 0 Å². The van der Waals surface area contributed by atoms with E-state index in [1.54, 1.807) is 0 Å². The molecule has 0 saturated heterocycles. The lowest BCUT2D eigenvalue weighted by Gasteiger charge is -2.06. The van der Waals surface area contributed by atoms with Crippen molar-refractivity contribution >= 4 is 5.97 Å². The van der Waals surface area contributed by atoms with E-state index in [4.69, 9.17) is 5.26 Å². The fourth-order valence-electron chi connectivity index (χ4n) is 1.54. The Labute approximate surface area is 116 Å². The summed E-state index contributed by atoms with van der Waals surface area (Å²) >= 11 is 0. The average Bonchev–Trinajstić information content (AvgIpc) is 2.41. The van der Waals surface area contributed by atoms with Crippen LogP contribution in [0.2, 0.25) is 0 Å².